The van der Waals surface area contributed by atoms with E-state index in [0.717, 1.165) is 39.0 Å². The summed E-state index contributed by atoms with van der Waals surface area (Å²) in [7, 11) is 0. The second-order valence-electron chi connectivity index (χ2n) is 7.75. The third kappa shape index (κ3) is 4.19. The maximum Gasteiger partial charge on any atom is 0.240 e. The normalized spacial score (nSPS) is 30.7. The van der Waals surface area contributed by atoms with Gasteiger partial charge in [-0.2, -0.15) is 0 Å². The number of amides is 1. The van der Waals surface area contributed by atoms with Gasteiger partial charge in [-0.15, -0.1) is 0 Å². The van der Waals surface area contributed by atoms with E-state index in [1.165, 1.54) is 6.42 Å². The molecule has 2 N–H and O–H groups in total. The van der Waals surface area contributed by atoms with Crippen molar-refractivity contribution >= 4 is 5.91 Å². The van der Waals surface area contributed by atoms with Crippen molar-refractivity contribution in [3.63, 3.8) is 0 Å². The number of rotatable bonds is 3. The molecule has 0 aromatic carbocycles. The van der Waals surface area contributed by atoms with Gasteiger partial charge >= 0.3 is 0 Å². The lowest BCUT2D eigenvalue weighted by molar-refractivity contribution is -0.141. The third-order valence-corrected chi connectivity index (χ3v) is 5.03. The van der Waals surface area contributed by atoms with Crippen LogP contribution in [0.2, 0.25) is 0 Å². The molecule has 2 rings (SSSR count). The predicted octanol–water partition coefficient (Wildman–Crippen LogP) is 1.94. The molecular weight excluding hydrogens is 262 g/mol. The van der Waals surface area contributed by atoms with Crippen molar-refractivity contribution in [2.75, 3.05) is 26.2 Å². The molecule has 3 atom stereocenters. The van der Waals surface area contributed by atoms with Crippen LogP contribution in [0.5, 0.6) is 0 Å². The smallest absolute Gasteiger partial charge is 0.240 e. The first-order valence-electron chi connectivity index (χ1n) is 8.67. The Morgan fingerprint density at radius 1 is 1.10 bits per heavy atom. The van der Waals surface area contributed by atoms with Gasteiger partial charge < -0.3 is 10.6 Å². The average Bonchev–Trinajstić information content (AvgIpc) is 2.37. The van der Waals surface area contributed by atoms with Gasteiger partial charge in [0.2, 0.25) is 5.91 Å². The lowest BCUT2D eigenvalue weighted by atomic mass is 9.88. The fourth-order valence-electron chi connectivity index (χ4n) is 4.11. The zero-order valence-electron chi connectivity index (χ0n) is 14.2. The molecule has 2 aliphatic heterocycles. The number of carbonyl (C=O) groups excluding carboxylic acids is 1. The molecule has 2 saturated heterocycles. The Balaban J connectivity index is 2.05. The van der Waals surface area contributed by atoms with E-state index in [-0.39, 0.29) is 12.1 Å². The fraction of sp³-hybridized carbons (Fsp3) is 0.941. The number of nitrogens with zero attached hydrogens (tertiary/aromatic N) is 2. The second kappa shape index (κ2) is 7.10. The van der Waals surface area contributed by atoms with Gasteiger partial charge in [-0.1, -0.05) is 27.7 Å². The van der Waals surface area contributed by atoms with Crippen molar-refractivity contribution < 1.29 is 4.79 Å². The van der Waals surface area contributed by atoms with E-state index in [2.05, 4.69) is 37.5 Å². The van der Waals surface area contributed by atoms with E-state index in [0.29, 0.717) is 23.7 Å². The van der Waals surface area contributed by atoms with Gasteiger partial charge in [-0.25, -0.2) is 0 Å². The monoisotopic (exact) mass is 295 g/mol. The zero-order valence-corrected chi connectivity index (χ0v) is 14.2. The number of likely N-dealkylation sites (tertiary alicyclic amines) is 2. The van der Waals surface area contributed by atoms with Crippen LogP contribution in [0.4, 0.5) is 0 Å². The number of nitrogens with two attached hydrogens (primary N) is 1. The van der Waals surface area contributed by atoms with E-state index < -0.39 is 0 Å². The van der Waals surface area contributed by atoms with Crippen LogP contribution in [0, 0.1) is 17.8 Å². The van der Waals surface area contributed by atoms with Crippen molar-refractivity contribution in [2.45, 2.75) is 59.0 Å². The molecule has 4 nitrogen and oxygen atoms in total. The molecule has 2 fully saturated rings. The molecule has 0 spiro atoms. The van der Waals surface area contributed by atoms with Crippen LogP contribution in [0.15, 0.2) is 0 Å². The zero-order chi connectivity index (χ0) is 15.6. The lowest BCUT2D eigenvalue weighted by Crippen LogP contribution is -2.56. The largest absolute Gasteiger partial charge is 0.341 e. The highest BCUT2D eigenvalue weighted by molar-refractivity contribution is 5.82. The van der Waals surface area contributed by atoms with Crippen molar-refractivity contribution in [1.82, 2.24) is 9.80 Å². The Labute approximate surface area is 130 Å². The van der Waals surface area contributed by atoms with E-state index in [1.807, 2.05) is 0 Å². The van der Waals surface area contributed by atoms with Gasteiger partial charge in [0.05, 0.1) is 6.04 Å². The molecule has 0 bridgehead atoms. The van der Waals surface area contributed by atoms with Crippen molar-refractivity contribution in [2.24, 2.45) is 23.5 Å². The number of piperidine rings is 2. The van der Waals surface area contributed by atoms with Gasteiger partial charge in [-0.05, 0) is 37.0 Å². The van der Waals surface area contributed by atoms with Crippen LogP contribution in [-0.2, 0) is 4.79 Å². The molecule has 122 valence electrons. The van der Waals surface area contributed by atoms with Gasteiger partial charge in [0, 0.05) is 32.2 Å². The molecule has 0 aromatic heterocycles. The minimum absolute atomic E-state index is 0.0459. The molecule has 0 aliphatic carbocycles. The quantitative estimate of drug-likeness (QED) is 0.865. The summed E-state index contributed by atoms with van der Waals surface area (Å²) < 4.78 is 0. The van der Waals surface area contributed by atoms with E-state index in [1.54, 1.807) is 0 Å². The lowest BCUT2D eigenvalue weighted by Gasteiger charge is -2.43. The first-order valence-corrected chi connectivity index (χ1v) is 8.67. The second-order valence-corrected chi connectivity index (χ2v) is 7.75. The Morgan fingerprint density at radius 2 is 1.62 bits per heavy atom. The highest BCUT2D eigenvalue weighted by Crippen LogP contribution is 2.26. The summed E-state index contributed by atoms with van der Waals surface area (Å²) in [6.45, 7) is 12.8. The standard InChI is InChI=1S/C17H33N3O/c1-12(2)16(20-10-13(3)9-14(4)11-20)17(21)19-7-5-15(18)6-8-19/h12-16H,5-11,18H2,1-4H3. The Kier molecular flexibility index (Phi) is 5.67. The summed E-state index contributed by atoms with van der Waals surface area (Å²) in [5, 5.41) is 0. The molecule has 0 radical (unpaired) electrons. The molecular formula is C17H33N3O. The van der Waals surface area contributed by atoms with Crippen molar-refractivity contribution in [3.05, 3.63) is 0 Å². The summed E-state index contributed by atoms with van der Waals surface area (Å²) >= 11 is 0. The Morgan fingerprint density at radius 3 is 2.10 bits per heavy atom. The Bertz CT molecular complexity index is 340. The topological polar surface area (TPSA) is 49.6 Å². The average molecular weight is 295 g/mol. The van der Waals surface area contributed by atoms with Crippen molar-refractivity contribution in [1.29, 1.82) is 0 Å². The number of carbonyl (C=O) groups is 1. The number of hydrogen-bond acceptors (Lipinski definition) is 3. The molecule has 4 heteroatoms. The summed E-state index contributed by atoms with van der Waals surface area (Å²) in [5.74, 6) is 2.08. The van der Waals surface area contributed by atoms with Gasteiger partial charge in [0.1, 0.15) is 0 Å². The minimum Gasteiger partial charge on any atom is -0.341 e. The van der Waals surface area contributed by atoms with Gasteiger partial charge in [0.15, 0.2) is 0 Å². The first-order chi connectivity index (χ1) is 9.88. The van der Waals surface area contributed by atoms with Crippen LogP contribution in [0.1, 0.15) is 47.0 Å². The van der Waals surface area contributed by atoms with Gasteiger partial charge in [0.25, 0.3) is 0 Å². The maximum atomic E-state index is 13.0. The SMILES string of the molecule is CC1CC(C)CN(C(C(=O)N2CCC(N)CC2)C(C)C)C1. The van der Waals surface area contributed by atoms with Crippen LogP contribution >= 0.6 is 0 Å². The fourth-order valence-corrected chi connectivity index (χ4v) is 4.11. The minimum atomic E-state index is 0.0459. The molecule has 0 saturated carbocycles. The van der Waals surface area contributed by atoms with Crippen LogP contribution in [-0.4, -0.2) is 54.0 Å². The number of hydrogen-bond donors (Lipinski definition) is 1. The van der Waals surface area contributed by atoms with Crippen LogP contribution in [0.3, 0.4) is 0 Å². The predicted molar refractivity (Wildman–Crippen MR) is 86.9 cm³/mol. The van der Waals surface area contributed by atoms with E-state index >= 15 is 0 Å². The van der Waals surface area contributed by atoms with Gasteiger partial charge in [-0.3, -0.25) is 9.69 Å². The molecule has 3 unspecified atom stereocenters. The molecule has 21 heavy (non-hydrogen) atoms. The maximum absolute atomic E-state index is 13.0. The van der Waals surface area contributed by atoms with E-state index in [4.69, 9.17) is 5.73 Å². The highest BCUT2D eigenvalue weighted by Gasteiger charge is 2.36. The summed E-state index contributed by atoms with van der Waals surface area (Å²) in [4.78, 5) is 17.5. The highest BCUT2D eigenvalue weighted by atomic mass is 16.2. The summed E-state index contributed by atoms with van der Waals surface area (Å²) in [5.41, 5.74) is 5.96. The molecule has 2 heterocycles. The van der Waals surface area contributed by atoms with Crippen molar-refractivity contribution in [3.8, 4) is 0 Å². The third-order valence-electron chi connectivity index (χ3n) is 5.03. The van der Waals surface area contributed by atoms with Crippen LogP contribution < -0.4 is 5.73 Å². The Hall–Kier alpha value is -0.610. The molecule has 0 aromatic rings. The molecule has 2 aliphatic rings. The van der Waals surface area contributed by atoms with Crippen LogP contribution in [0.25, 0.3) is 0 Å². The van der Waals surface area contributed by atoms with E-state index in [9.17, 15) is 4.79 Å². The first kappa shape index (κ1) is 16.8. The molecule has 1 amide bonds. The summed E-state index contributed by atoms with van der Waals surface area (Å²) in [6, 6.07) is 0.325. The summed E-state index contributed by atoms with van der Waals surface area (Å²) in [6.07, 6.45) is 3.18.